The molecule has 2 saturated heterocycles. The molecule has 5 heteroatoms. The Morgan fingerprint density at radius 1 is 1.40 bits per heavy atom. The van der Waals surface area contributed by atoms with Crippen LogP contribution in [0.2, 0.25) is 0 Å². The van der Waals surface area contributed by atoms with Crippen LogP contribution in [0, 0.1) is 11.8 Å². The minimum atomic E-state index is -0.270. The lowest BCUT2D eigenvalue weighted by Gasteiger charge is -2.37. The quantitative estimate of drug-likeness (QED) is 0.765. The largest absolute Gasteiger partial charge is 0.393 e. The molecule has 0 aliphatic carbocycles. The highest BCUT2D eigenvalue weighted by atomic mass is 32.1. The van der Waals surface area contributed by atoms with E-state index in [9.17, 15) is 9.90 Å². The van der Waals surface area contributed by atoms with Gasteiger partial charge in [0.15, 0.2) is 0 Å². The molecule has 3 heterocycles. The zero-order chi connectivity index (χ0) is 14.1. The summed E-state index contributed by atoms with van der Waals surface area (Å²) in [6.07, 6.45) is 3.07. The second-order valence-corrected chi connectivity index (χ2v) is 6.26. The van der Waals surface area contributed by atoms with Gasteiger partial charge in [0.05, 0.1) is 6.10 Å². The summed E-state index contributed by atoms with van der Waals surface area (Å²) >= 11 is 1.40. The summed E-state index contributed by atoms with van der Waals surface area (Å²) in [7, 11) is 0. The number of carbonyl (C=O) groups excluding carboxylic acids is 1. The van der Waals surface area contributed by atoms with Crippen molar-refractivity contribution in [3.63, 3.8) is 0 Å². The van der Waals surface area contributed by atoms with E-state index in [1.807, 2.05) is 16.3 Å². The van der Waals surface area contributed by atoms with Gasteiger partial charge in [0, 0.05) is 17.6 Å². The first kappa shape index (κ1) is 13.6. The van der Waals surface area contributed by atoms with Gasteiger partial charge in [-0.25, -0.2) is 0 Å². The molecule has 1 aromatic rings. The summed E-state index contributed by atoms with van der Waals surface area (Å²) in [6, 6.07) is 2.15. The highest BCUT2D eigenvalue weighted by Gasteiger charge is 2.43. The maximum absolute atomic E-state index is 12.7. The third kappa shape index (κ3) is 2.35. The fourth-order valence-electron chi connectivity index (χ4n) is 3.31. The van der Waals surface area contributed by atoms with Gasteiger partial charge in [0.1, 0.15) is 11.5 Å². The number of nitrogens with zero attached hydrogens (tertiary/aromatic N) is 1. The first-order valence-electron chi connectivity index (χ1n) is 6.88. The molecule has 4 nitrogen and oxygen atoms in total. The van der Waals surface area contributed by atoms with Gasteiger partial charge in [-0.1, -0.05) is 11.8 Å². The minimum absolute atomic E-state index is 0.0293. The van der Waals surface area contributed by atoms with E-state index in [2.05, 4.69) is 11.8 Å². The third-order valence-corrected chi connectivity index (χ3v) is 5.01. The Morgan fingerprint density at radius 3 is 2.75 bits per heavy atom. The van der Waals surface area contributed by atoms with E-state index >= 15 is 0 Å². The summed E-state index contributed by atoms with van der Waals surface area (Å²) in [6.45, 7) is -0.204. The van der Waals surface area contributed by atoms with E-state index in [4.69, 9.17) is 5.11 Å². The normalized spacial score (nSPS) is 28.1. The highest BCUT2D eigenvalue weighted by Crippen LogP contribution is 2.37. The van der Waals surface area contributed by atoms with Gasteiger partial charge in [-0.3, -0.25) is 4.79 Å². The Bertz CT molecular complexity index is 557. The lowest BCUT2D eigenvalue weighted by molar-refractivity contribution is 0.0290. The molecule has 0 aromatic carbocycles. The fraction of sp³-hybridized carbons (Fsp3) is 0.533. The van der Waals surface area contributed by atoms with Crippen molar-refractivity contribution < 1.29 is 15.0 Å². The Balaban J connectivity index is 1.85. The van der Waals surface area contributed by atoms with Gasteiger partial charge in [0.2, 0.25) is 0 Å². The summed E-state index contributed by atoms with van der Waals surface area (Å²) in [5, 5.41) is 20.4. The average molecular weight is 291 g/mol. The lowest BCUT2D eigenvalue weighted by atomic mass is 9.99. The third-order valence-electron chi connectivity index (χ3n) is 4.10. The van der Waals surface area contributed by atoms with Gasteiger partial charge in [-0.05, 0) is 37.1 Å². The number of hydrogen-bond acceptors (Lipinski definition) is 4. The fourth-order valence-corrected chi connectivity index (χ4v) is 4.10. The van der Waals surface area contributed by atoms with E-state index in [1.165, 1.54) is 11.3 Å². The Morgan fingerprint density at radius 2 is 2.10 bits per heavy atom. The number of rotatable bonds is 1. The molecular formula is C15H17NO3S. The van der Waals surface area contributed by atoms with E-state index in [0.717, 1.165) is 12.8 Å². The number of fused-ring (bicyclic) bond motifs is 2. The number of aliphatic hydroxyl groups excluding tert-OH is 2. The van der Waals surface area contributed by atoms with Gasteiger partial charge in [-0.2, -0.15) is 0 Å². The van der Waals surface area contributed by atoms with Gasteiger partial charge >= 0.3 is 0 Å². The molecule has 2 atom stereocenters. The molecule has 0 saturated carbocycles. The van der Waals surface area contributed by atoms with Crippen LogP contribution < -0.4 is 0 Å². The van der Waals surface area contributed by atoms with Crippen LogP contribution in [0.25, 0.3) is 0 Å². The van der Waals surface area contributed by atoms with E-state index < -0.39 is 0 Å². The summed E-state index contributed by atoms with van der Waals surface area (Å²) in [5.41, 5.74) is 0.694. The maximum atomic E-state index is 12.7. The lowest BCUT2D eigenvalue weighted by Crippen LogP contribution is -2.47. The zero-order valence-electron chi connectivity index (χ0n) is 11.1. The molecule has 2 fully saturated rings. The molecule has 2 bridgehead atoms. The Hall–Kier alpha value is -1.35. The van der Waals surface area contributed by atoms with Crippen molar-refractivity contribution in [1.82, 2.24) is 4.90 Å². The standard InChI is InChI=1S/C15H17NO3S/c17-6-1-2-10-5-7-20-14(10)15(19)16-11-3-4-12(16)9-13(18)8-11/h5,7,11-13,17-18H,3-4,6,8-9H2. The first-order valence-corrected chi connectivity index (χ1v) is 7.76. The predicted molar refractivity (Wildman–Crippen MR) is 76.5 cm³/mol. The molecule has 2 unspecified atom stereocenters. The molecule has 1 amide bonds. The minimum Gasteiger partial charge on any atom is -0.393 e. The van der Waals surface area contributed by atoms with Gasteiger partial charge in [-0.15, -0.1) is 11.3 Å². The van der Waals surface area contributed by atoms with Crippen molar-refractivity contribution in [1.29, 1.82) is 0 Å². The van der Waals surface area contributed by atoms with Crippen LogP contribution in [0.1, 0.15) is 40.9 Å². The molecule has 0 radical (unpaired) electrons. The molecule has 2 N–H and O–H groups in total. The monoisotopic (exact) mass is 291 g/mol. The Kier molecular flexibility index (Phi) is 3.79. The van der Waals surface area contributed by atoms with Crippen LogP contribution >= 0.6 is 11.3 Å². The molecular weight excluding hydrogens is 274 g/mol. The van der Waals surface area contributed by atoms with Crippen molar-refractivity contribution in [2.24, 2.45) is 0 Å². The van der Waals surface area contributed by atoms with Crippen molar-refractivity contribution in [3.05, 3.63) is 21.9 Å². The van der Waals surface area contributed by atoms with Crippen LogP contribution in [0.4, 0.5) is 0 Å². The highest BCUT2D eigenvalue weighted by molar-refractivity contribution is 7.12. The number of amides is 1. The van der Waals surface area contributed by atoms with Crippen molar-refractivity contribution in [2.75, 3.05) is 6.61 Å². The van der Waals surface area contributed by atoms with Crippen molar-refractivity contribution in [3.8, 4) is 11.8 Å². The first-order chi connectivity index (χ1) is 9.70. The van der Waals surface area contributed by atoms with Crippen LogP contribution in [0.5, 0.6) is 0 Å². The summed E-state index contributed by atoms with van der Waals surface area (Å²) in [5.74, 6) is 5.46. The number of aliphatic hydroxyl groups is 2. The van der Waals surface area contributed by atoms with Crippen molar-refractivity contribution >= 4 is 17.2 Å². The summed E-state index contributed by atoms with van der Waals surface area (Å²) < 4.78 is 0. The topological polar surface area (TPSA) is 60.8 Å². The van der Waals surface area contributed by atoms with Crippen LogP contribution in [0.15, 0.2) is 11.4 Å². The van der Waals surface area contributed by atoms with E-state index in [-0.39, 0.29) is 30.7 Å². The summed E-state index contributed by atoms with van der Waals surface area (Å²) in [4.78, 5) is 15.3. The Labute approximate surface area is 122 Å². The molecule has 2 aliphatic heterocycles. The van der Waals surface area contributed by atoms with Gasteiger partial charge in [0.25, 0.3) is 5.91 Å². The van der Waals surface area contributed by atoms with Crippen LogP contribution in [-0.4, -0.2) is 45.8 Å². The SMILES string of the molecule is O=C(c1sccc1C#CCO)N1C2CCC1CC(O)C2. The smallest absolute Gasteiger partial charge is 0.265 e. The van der Waals surface area contributed by atoms with Crippen LogP contribution in [0.3, 0.4) is 0 Å². The van der Waals surface area contributed by atoms with Crippen LogP contribution in [-0.2, 0) is 0 Å². The second kappa shape index (κ2) is 5.57. The van der Waals surface area contributed by atoms with Gasteiger partial charge < -0.3 is 15.1 Å². The molecule has 0 spiro atoms. The predicted octanol–water partition coefficient (Wildman–Crippen LogP) is 1.22. The number of thiophene rings is 1. The second-order valence-electron chi connectivity index (χ2n) is 5.35. The zero-order valence-corrected chi connectivity index (χ0v) is 11.9. The molecule has 2 aliphatic rings. The molecule has 3 rings (SSSR count). The van der Waals surface area contributed by atoms with E-state index in [1.54, 1.807) is 0 Å². The molecule has 106 valence electrons. The number of piperidine rings is 1. The average Bonchev–Trinajstić information content (AvgIpc) is 2.99. The number of hydrogen-bond donors (Lipinski definition) is 2. The van der Waals surface area contributed by atoms with Crippen molar-refractivity contribution in [2.45, 2.75) is 43.9 Å². The molecule has 1 aromatic heterocycles. The van der Waals surface area contributed by atoms with E-state index in [0.29, 0.717) is 23.3 Å². The maximum Gasteiger partial charge on any atom is 0.265 e. The number of carbonyl (C=O) groups is 1. The molecule has 20 heavy (non-hydrogen) atoms.